The maximum Gasteiger partial charge on any atom is 0.0794 e. The van der Waals surface area contributed by atoms with E-state index >= 15 is 0 Å². The highest BCUT2D eigenvalue weighted by Crippen LogP contribution is 2.26. The van der Waals surface area contributed by atoms with Crippen LogP contribution in [0.5, 0.6) is 0 Å². The molecule has 0 aliphatic carbocycles. The molecule has 0 spiro atoms. The molecule has 0 saturated carbocycles. The van der Waals surface area contributed by atoms with Crippen molar-refractivity contribution < 1.29 is 0 Å². The Bertz CT molecular complexity index is 872. The maximum absolute atomic E-state index is 4.77. The predicted molar refractivity (Wildman–Crippen MR) is 75.6 cm³/mol. The zero-order valence-electron chi connectivity index (χ0n) is 9.72. The molecule has 0 fully saturated rings. The Labute approximate surface area is 105 Å². The van der Waals surface area contributed by atoms with E-state index in [1.807, 2.05) is 18.2 Å². The summed E-state index contributed by atoms with van der Waals surface area (Å²) < 4.78 is 0. The van der Waals surface area contributed by atoms with Crippen LogP contribution in [0, 0.1) is 6.07 Å². The number of hydrogen-bond acceptors (Lipinski definition) is 1. The number of hydrogen-bond donors (Lipinski definition) is 0. The highest BCUT2D eigenvalue weighted by molar-refractivity contribution is 6.07. The number of para-hydroxylation sites is 1. The molecule has 3 aromatic carbocycles. The molecule has 0 aliphatic rings. The molecule has 18 heavy (non-hydrogen) atoms. The minimum absolute atomic E-state index is 1.00. The van der Waals surface area contributed by atoms with Crippen LogP contribution >= 0.6 is 0 Å². The summed E-state index contributed by atoms with van der Waals surface area (Å²) >= 11 is 0. The summed E-state index contributed by atoms with van der Waals surface area (Å²) in [5, 5.41) is 4.56. The third kappa shape index (κ3) is 1.31. The first-order valence-electron chi connectivity index (χ1n) is 6.01. The lowest BCUT2D eigenvalue weighted by Crippen LogP contribution is -1.84. The van der Waals surface area contributed by atoms with Crippen molar-refractivity contribution in [3.05, 3.63) is 66.7 Å². The molecule has 0 saturated heterocycles. The van der Waals surface area contributed by atoms with E-state index < -0.39 is 0 Å². The van der Waals surface area contributed by atoms with Gasteiger partial charge >= 0.3 is 0 Å². The van der Waals surface area contributed by atoms with E-state index in [1.165, 1.54) is 10.8 Å². The second kappa shape index (κ2) is 3.54. The Morgan fingerprint density at radius 2 is 1.56 bits per heavy atom. The predicted octanol–water partition coefficient (Wildman–Crippen LogP) is 4.34. The SMILES string of the molecule is [c]1c2ccccc2nc2c1ccc1ccccc12. The Balaban J connectivity index is 2.27. The summed E-state index contributed by atoms with van der Waals surface area (Å²) in [6, 6.07) is 24.1. The van der Waals surface area contributed by atoms with Crippen LogP contribution in [-0.2, 0) is 0 Å². The Morgan fingerprint density at radius 3 is 2.56 bits per heavy atom. The number of aromatic nitrogens is 1. The molecule has 0 N–H and O–H groups in total. The van der Waals surface area contributed by atoms with Gasteiger partial charge in [-0.1, -0.05) is 54.6 Å². The van der Waals surface area contributed by atoms with Crippen LogP contribution in [0.3, 0.4) is 0 Å². The van der Waals surface area contributed by atoms with Gasteiger partial charge in [0, 0.05) is 22.2 Å². The average molecular weight is 228 g/mol. The van der Waals surface area contributed by atoms with Crippen LogP contribution in [0.25, 0.3) is 32.6 Å². The normalized spacial score (nSPS) is 11.3. The van der Waals surface area contributed by atoms with Gasteiger partial charge in [-0.25, -0.2) is 4.98 Å². The monoisotopic (exact) mass is 228 g/mol. The second-order valence-electron chi connectivity index (χ2n) is 4.44. The van der Waals surface area contributed by atoms with Crippen molar-refractivity contribution in [2.45, 2.75) is 0 Å². The Kier molecular flexibility index (Phi) is 1.89. The van der Waals surface area contributed by atoms with Crippen LogP contribution in [0.15, 0.2) is 60.7 Å². The highest BCUT2D eigenvalue weighted by atomic mass is 14.7. The maximum atomic E-state index is 4.77. The molecule has 0 unspecified atom stereocenters. The smallest absolute Gasteiger partial charge is 0.0794 e. The van der Waals surface area contributed by atoms with E-state index in [4.69, 9.17) is 4.98 Å². The molecule has 4 rings (SSSR count). The lowest BCUT2D eigenvalue weighted by molar-refractivity contribution is 1.51. The van der Waals surface area contributed by atoms with Crippen molar-refractivity contribution in [1.29, 1.82) is 0 Å². The summed E-state index contributed by atoms with van der Waals surface area (Å²) in [6.45, 7) is 0. The number of rotatable bonds is 0. The van der Waals surface area contributed by atoms with Gasteiger partial charge in [0.2, 0.25) is 0 Å². The molecular formula is C17H10N. The summed E-state index contributed by atoms with van der Waals surface area (Å²) in [5.41, 5.74) is 2.04. The van der Waals surface area contributed by atoms with Gasteiger partial charge in [0.1, 0.15) is 0 Å². The van der Waals surface area contributed by atoms with Gasteiger partial charge < -0.3 is 0 Å². The van der Waals surface area contributed by atoms with Gasteiger partial charge in [-0.05, 0) is 11.5 Å². The first-order chi connectivity index (χ1) is 8.92. The average Bonchev–Trinajstić information content (AvgIpc) is 2.45. The molecule has 1 aromatic heterocycles. The first kappa shape index (κ1) is 9.60. The molecule has 0 bridgehead atoms. The van der Waals surface area contributed by atoms with Crippen molar-refractivity contribution in [2.75, 3.05) is 0 Å². The second-order valence-corrected chi connectivity index (χ2v) is 4.44. The number of benzene rings is 3. The molecule has 0 aliphatic heterocycles. The van der Waals surface area contributed by atoms with Gasteiger partial charge in [-0.2, -0.15) is 0 Å². The molecule has 0 atom stereocenters. The highest BCUT2D eigenvalue weighted by Gasteiger charge is 2.03. The van der Waals surface area contributed by atoms with E-state index in [0.717, 1.165) is 21.8 Å². The summed E-state index contributed by atoms with van der Waals surface area (Å²) in [4.78, 5) is 4.77. The van der Waals surface area contributed by atoms with Crippen molar-refractivity contribution in [2.24, 2.45) is 0 Å². The van der Waals surface area contributed by atoms with Crippen LogP contribution in [-0.4, -0.2) is 4.98 Å². The fraction of sp³-hybridized carbons (Fsp3) is 0. The molecule has 4 aromatic rings. The molecule has 83 valence electrons. The van der Waals surface area contributed by atoms with Crippen LogP contribution in [0.1, 0.15) is 0 Å². The van der Waals surface area contributed by atoms with Crippen LogP contribution in [0.2, 0.25) is 0 Å². The fourth-order valence-corrected chi connectivity index (χ4v) is 2.42. The Morgan fingerprint density at radius 1 is 0.722 bits per heavy atom. The standard InChI is InChI=1S/C17H10N/c1-3-7-15-12(5-1)9-10-14-11-13-6-2-4-8-16(13)18-17(14)15/h1-10H. The lowest BCUT2D eigenvalue weighted by atomic mass is 10.0. The minimum Gasteiger partial charge on any atom is -0.247 e. The third-order valence-corrected chi connectivity index (χ3v) is 3.31. The number of nitrogens with zero attached hydrogens (tertiary/aromatic N) is 1. The first-order valence-corrected chi connectivity index (χ1v) is 6.01. The van der Waals surface area contributed by atoms with Gasteiger partial charge in [0.25, 0.3) is 0 Å². The van der Waals surface area contributed by atoms with Gasteiger partial charge in [0.15, 0.2) is 0 Å². The van der Waals surface area contributed by atoms with E-state index in [-0.39, 0.29) is 0 Å². The largest absolute Gasteiger partial charge is 0.247 e. The number of pyridine rings is 1. The molecule has 1 radical (unpaired) electrons. The third-order valence-electron chi connectivity index (χ3n) is 3.31. The molecule has 1 nitrogen and oxygen atoms in total. The van der Waals surface area contributed by atoms with E-state index in [2.05, 4.69) is 48.5 Å². The van der Waals surface area contributed by atoms with Crippen LogP contribution < -0.4 is 0 Å². The van der Waals surface area contributed by atoms with Gasteiger partial charge in [0.05, 0.1) is 11.0 Å². The van der Waals surface area contributed by atoms with E-state index in [0.29, 0.717) is 0 Å². The van der Waals surface area contributed by atoms with E-state index in [9.17, 15) is 0 Å². The van der Waals surface area contributed by atoms with Crippen molar-refractivity contribution in [1.82, 2.24) is 4.98 Å². The van der Waals surface area contributed by atoms with Crippen molar-refractivity contribution >= 4 is 32.6 Å². The van der Waals surface area contributed by atoms with Crippen molar-refractivity contribution in [3.8, 4) is 0 Å². The fourth-order valence-electron chi connectivity index (χ4n) is 2.42. The quantitative estimate of drug-likeness (QED) is 0.322. The molecular weight excluding hydrogens is 218 g/mol. The lowest BCUT2D eigenvalue weighted by Gasteiger charge is -2.04. The zero-order chi connectivity index (χ0) is 11.9. The summed E-state index contributed by atoms with van der Waals surface area (Å²) in [7, 11) is 0. The molecule has 1 heterocycles. The van der Waals surface area contributed by atoms with Gasteiger partial charge in [-0.3, -0.25) is 0 Å². The summed E-state index contributed by atoms with van der Waals surface area (Å²) in [6.07, 6.45) is 0. The van der Waals surface area contributed by atoms with E-state index in [1.54, 1.807) is 0 Å². The number of fused-ring (bicyclic) bond motifs is 4. The molecule has 1 heteroatoms. The minimum atomic E-state index is 1.00. The van der Waals surface area contributed by atoms with Gasteiger partial charge in [-0.15, -0.1) is 0 Å². The molecule has 0 amide bonds. The topological polar surface area (TPSA) is 12.9 Å². The zero-order valence-corrected chi connectivity index (χ0v) is 9.72. The summed E-state index contributed by atoms with van der Waals surface area (Å²) in [5.74, 6) is 0. The van der Waals surface area contributed by atoms with Crippen LogP contribution in [0.4, 0.5) is 0 Å². The Hall–Kier alpha value is -2.41. The van der Waals surface area contributed by atoms with Crippen molar-refractivity contribution in [3.63, 3.8) is 0 Å².